The second-order valence-electron chi connectivity index (χ2n) is 5.52. The second-order valence-corrected chi connectivity index (χ2v) is 5.52. The van der Waals surface area contributed by atoms with E-state index in [1.54, 1.807) is 0 Å². The van der Waals surface area contributed by atoms with E-state index in [0.717, 1.165) is 32.4 Å². The van der Waals surface area contributed by atoms with E-state index in [1.807, 2.05) is 11.0 Å². The number of amides is 1. The Balaban J connectivity index is 1.84. The summed E-state index contributed by atoms with van der Waals surface area (Å²) in [4.78, 5) is 14.1. The van der Waals surface area contributed by atoms with Crippen LogP contribution in [0.15, 0.2) is 24.3 Å². The molecule has 0 radical (unpaired) electrons. The zero-order valence-corrected chi connectivity index (χ0v) is 11.6. The number of carbonyl (C=O) groups excluding carboxylic acids is 1. The number of piperidine rings is 1. The molecule has 1 N–H and O–H groups in total. The fraction of sp³-hybridized carbons (Fsp3) is 0.562. The van der Waals surface area contributed by atoms with E-state index in [2.05, 4.69) is 25.1 Å². The minimum atomic E-state index is 0.196. The summed E-state index contributed by atoms with van der Waals surface area (Å²) in [7, 11) is 0. The molecule has 2 rings (SSSR count). The summed E-state index contributed by atoms with van der Waals surface area (Å²) in [6.07, 6.45) is 3.43. The third kappa shape index (κ3) is 4.06. The van der Waals surface area contributed by atoms with Gasteiger partial charge in [0.25, 0.3) is 0 Å². The molecule has 1 atom stereocenters. The normalized spacial score (nSPS) is 19.5. The van der Waals surface area contributed by atoms with Crippen LogP contribution in [-0.4, -0.2) is 35.6 Å². The lowest BCUT2D eigenvalue weighted by molar-refractivity contribution is -0.133. The number of carbonyl (C=O) groups is 1. The first-order valence-electron chi connectivity index (χ1n) is 7.13. The summed E-state index contributed by atoms with van der Waals surface area (Å²) >= 11 is 0. The third-order valence-corrected chi connectivity index (χ3v) is 3.84. The molecule has 1 aliphatic rings. The van der Waals surface area contributed by atoms with Crippen LogP contribution in [0.3, 0.4) is 0 Å². The Labute approximate surface area is 115 Å². The second kappa shape index (κ2) is 6.71. The minimum absolute atomic E-state index is 0.196. The molecule has 19 heavy (non-hydrogen) atoms. The summed E-state index contributed by atoms with van der Waals surface area (Å²) < 4.78 is 0. The van der Waals surface area contributed by atoms with Crippen molar-refractivity contribution in [2.75, 3.05) is 19.7 Å². The lowest BCUT2D eigenvalue weighted by atomic mass is 9.98. The Kier molecular flexibility index (Phi) is 4.97. The Morgan fingerprint density at radius 2 is 2.32 bits per heavy atom. The van der Waals surface area contributed by atoms with Crippen molar-refractivity contribution < 1.29 is 9.90 Å². The molecule has 3 nitrogen and oxygen atoms in total. The largest absolute Gasteiger partial charge is 0.396 e. The summed E-state index contributed by atoms with van der Waals surface area (Å²) in [6.45, 7) is 3.84. The van der Waals surface area contributed by atoms with Gasteiger partial charge in [-0.2, -0.15) is 0 Å². The van der Waals surface area contributed by atoms with Crippen molar-refractivity contribution in [3.63, 3.8) is 0 Å². The number of aryl methyl sites for hydroxylation is 2. The standard InChI is InChI=1S/C16H23NO2/c1-13-4-2-5-14(10-13)7-8-16(19)17-9-3-6-15(11-17)12-18/h2,4-5,10,15,18H,3,6-9,11-12H2,1H3. The number of rotatable bonds is 4. The van der Waals surface area contributed by atoms with Gasteiger partial charge in [0.1, 0.15) is 0 Å². The average Bonchev–Trinajstić information content (AvgIpc) is 2.45. The van der Waals surface area contributed by atoms with Gasteiger partial charge in [0, 0.05) is 26.1 Å². The lowest BCUT2D eigenvalue weighted by Crippen LogP contribution is -2.41. The summed E-state index contributed by atoms with van der Waals surface area (Å²) in [6, 6.07) is 8.33. The van der Waals surface area contributed by atoms with Gasteiger partial charge >= 0.3 is 0 Å². The molecule has 1 amide bonds. The van der Waals surface area contributed by atoms with Crippen molar-refractivity contribution in [3.8, 4) is 0 Å². The molecule has 1 aromatic carbocycles. The number of nitrogens with zero attached hydrogens (tertiary/aromatic N) is 1. The molecular weight excluding hydrogens is 238 g/mol. The zero-order valence-electron chi connectivity index (χ0n) is 11.6. The van der Waals surface area contributed by atoms with Crippen molar-refractivity contribution >= 4 is 5.91 Å². The van der Waals surface area contributed by atoms with Crippen LogP contribution in [0.4, 0.5) is 0 Å². The number of benzene rings is 1. The van der Waals surface area contributed by atoms with E-state index in [9.17, 15) is 9.90 Å². The van der Waals surface area contributed by atoms with Gasteiger partial charge in [0.2, 0.25) is 5.91 Å². The van der Waals surface area contributed by atoms with Gasteiger partial charge in [0.15, 0.2) is 0 Å². The monoisotopic (exact) mass is 261 g/mol. The minimum Gasteiger partial charge on any atom is -0.396 e. The highest BCUT2D eigenvalue weighted by Crippen LogP contribution is 2.17. The molecule has 1 heterocycles. The van der Waals surface area contributed by atoms with E-state index in [-0.39, 0.29) is 18.4 Å². The summed E-state index contributed by atoms with van der Waals surface area (Å²) in [5.74, 6) is 0.497. The maximum atomic E-state index is 12.2. The molecule has 0 aromatic heterocycles. The molecule has 1 saturated heterocycles. The first kappa shape index (κ1) is 14.1. The van der Waals surface area contributed by atoms with Gasteiger partial charge in [-0.15, -0.1) is 0 Å². The van der Waals surface area contributed by atoms with Crippen molar-refractivity contribution in [2.24, 2.45) is 5.92 Å². The van der Waals surface area contributed by atoms with Gasteiger partial charge in [-0.05, 0) is 37.7 Å². The SMILES string of the molecule is Cc1cccc(CCC(=O)N2CCCC(CO)C2)c1. The maximum Gasteiger partial charge on any atom is 0.222 e. The predicted octanol–water partition coefficient (Wildman–Crippen LogP) is 2.16. The van der Waals surface area contributed by atoms with Crippen molar-refractivity contribution in [3.05, 3.63) is 35.4 Å². The van der Waals surface area contributed by atoms with Crippen molar-refractivity contribution in [1.29, 1.82) is 0 Å². The molecule has 1 aromatic rings. The molecule has 0 spiro atoms. The quantitative estimate of drug-likeness (QED) is 0.902. The molecule has 0 aliphatic carbocycles. The first-order chi connectivity index (χ1) is 9.19. The summed E-state index contributed by atoms with van der Waals surface area (Å²) in [5, 5.41) is 9.19. The zero-order chi connectivity index (χ0) is 13.7. The molecule has 104 valence electrons. The van der Waals surface area contributed by atoms with E-state index in [1.165, 1.54) is 11.1 Å². The molecule has 0 saturated carbocycles. The van der Waals surface area contributed by atoms with E-state index < -0.39 is 0 Å². The van der Waals surface area contributed by atoms with Gasteiger partial charge < -0.3 is 10.0 Å². The fourth-order valence-corrected chi connectivity index (χ4v) is 2.72. The Morgan fingerprint density at radius 1 is 1.47 bits per heavy atom. The van der Waals surface area contributed by atoms with Gasteiger partial charge in [-0.1, -0.05) is 29.8 Å². The molecular formula is C16H23NO2. The van der Waals surface area contributed by atoms with Crippen LogP contribution >= 0.6 is 0 Å². The molecule has 1 fully saturated rings. The predicted molar refractivity (Wildman–Crippen MR) is 75.9 cm³/mol. The molecule has 0 bridgehead atoms. The van der Waals surface area contributed by atoms with E-state index in [0.29, 0.717) is 6.42 Å². The number of hydrogen-bond donors (Lipinski definition) is 1. The van der Waals surface area contributed by atoms with Crippen LogP contribution in [0.25, 0.3) is 0 Å². The molecule has 3 heteroatoms. The number of likely N-dealkylation sites (tertiary alicyclic amines) is 1. The van der Waals surface area contributed by atoms with Crippen molar-refractivity contribution in [1.82, 2.24) is 4.90 Å². The topological polar surface area (TPSA) is 40.5 Å². The van der Waals surface area contributed by atoms with Crippen LogP contribution in [-0.2, 0) is 11.2 Å². The van der Waals surface area contributed by atoms with E-state index >= 15 is 0 Å². The van der Waals surface area contributed by atoms with Crippen molar-refractivity contribution in [2.45, 2.75) is 32.6 Å². The fourth-order valence-electron chi connectivity index (χ4n) is 2.72. The lowest BCUT2D eigenvalue weighted by Gasteiger charge is -2.32. The number of aliphatic hydroxyl groups is 1. The van der Waals surface area contributed by atoms with Crippen LogP contribution in [0.5, 0.6) is 0 Å². The van der Waals surface area contributed by atoms with Gasteiger partial charge in [-0.3, -0.25) is 4.79 Å². The Hall–Kier alpha value is -1.35. The number of hydrogen-bond acceptors (Lipinski definition) is 2. The van der Waals surface area contributed by atoms with Crippen LogP contribution in [0.2, 0.25) is 0 Å². The highest BCUT2D eigenvalue weighted by Gasteiger charge is 2.22. The first-order valence-corrected chi connectivity index (χ1v) is 7.13. The molecule has 1 unspecified atom stereocenters. The van der Waals surface area contributed by atoms with Gasteiger partial charge in [-0.25, -0.2) is 0 Å². The van der Waals surface area contributed by atoms with Crippen LogP contribution in [0.1, 0.15) is 30.4 Å². The Bertz CT molecular complexity index is 431. The highest BCUT2D eigenvalue weighted by atomic mass is 16.3. The smallest absolute Gasteiger partial charge is 0.222 e. The van der Waals surface area contributed by atoms with E-state index in [4.69, 9.17) is 0 Å². The van der Waals surface area contributed by atoms with Crippen LogP contribution < -0.4 is 0 Å². The van der Waals surface area contributed by atoms with Crippen LogP contribution in [0, 0.1) is 12.8 Å². The highest BCUT2D eigenvalue weighted by molar-refractivity contribution is 5.76. The summed E-state index contributed by atoms with van der Waals surface area (Å²) in [5.41, 5.74) is 2.47. The molecule has 1 aliphatic heterocycles. The average molecular weight is 261 g/mol. The van der Waals surface area contributed by atoms with Gasteiger partial charge in [0.05, 0.1) is 0 Å². The third-order valence-electron chi connectivity index (χ3n) is 3.84. The Morgan fingerprint density at radius 3 is 3.05 bits per heavy atom. The number of aliphatic hydroxyl groups excluding tert-OH is 1. The maximum absolute atomic E-state index is 12.2.